The van der Waals surface area contributed by atoms with E-state index < -0.39 is 0 Å². The fraction of sp³-hybridized carbons (Fsp3) is 0.533. The van der Waals surface area contributed by atoms with E-state index in [9.17, 15) is 9.90 Å². The van der Waals surface area contributed by atoms with Crippen LogP contribution in [0.1, 0.15) is 31.2 Å². The highest BCUT2D eigenvalue weighted by Gasteiger charge is 2.34. The first-order chi connectivity index (χ1) is 9.11. The standard InChI is InChI=1S/C15H22N2O2/c16-15(7-4-8-15)10-14(19)17-13(11-18)9-12-5-2-1-3-6-12/h1-3,5-6,13,18H,4,7-11,16H2,(H,17,19). The quantitative estimate of drug-likeness (QED) is 0.715. The maximum atomic E-state index is 11.9. The van der Waals surface area contributed by atoms with Gasteiger partial charge in [-0.15, -0.1) is 0 Å². The van der Waals surface area contributed by atoms with Crippen LogP contribution in [0, 0.1) is 0 Å². The molecule has 0 bridgehead atoms. The minimum atomic E-state index is -0.309. The molecule has 1 aliphatic carbocycles. The van der Waals surface area contributed by atoms with E-state index in [2.05, 4.69) is 5.32 Å². The van der Waals surface area contributed by atoms with Crippen molar-refractivity contribution < 1.29 is 9.90 Å². The molecule has 0 spiro atoms. The second-order valence-electron chi connectivity index (χ2n) is 5.53. The molecule has 1 aromatic carbocycles. The lowest BCUT2D eigenvalue weighted by Gasteiger charge is -2.37. The number of hydrogen-bond acceptors (Lipinski definition) is 3. The highest BCUT2D eigenvalue weighted by molar-refractivity contribution is 5.77. The summed E-state index contributed by atoms with van der Waals surface area (Å²) in [5.41, 5.74) is 6.85. The average molecular weight is 262 g/mol. The summed E-state index contributed by atoms with van der Waals surface area (Å²) in [5, 5.41) is 12.2. The molecule has 0 radical (unpaired) electrons. The molecule has 0 saturated heterocycles. The van der Waals surface area contributed by atoms with Crippen molar-refractivity contribution in [3.63, 3.8) is 0 Å². The molecule has 2 rings (SSSR count). The van der Waals surface area contributed by atoms with E-state index in [-0.39, 0.29) is 24.1 Å². The number of benzene rings is 1. The van der Waals surface area contributed by atoms with Crippen LogP contribution in [0.5, 0.6) is 0 Å². The van der Waals surface area contributed by atoms with E-state index in [1.54, 1.807) is 0 Å². The van der Waals surface area contributed by atoms with Crippen LogP contribution >= 0.6 is 0 Å². The number of carbonyl (C=O) groups excluding carboxylic acids is 1. The normalized spacial score (nSPS) is 18.4. The number of nitrogens with one attached hydrogen (secondary N) is 1. The summed E-state index contributed by atoms with van der Waals surface area (Å²) < 4.78 is 0. The van der Waals surface area contributed by atoms with E-state index in [0.717, 1.165) is 24.8 Å². The molecule has 1 aliphatic rings. The molecule has 0 heterocycles. The van der Waals surface area contributed by atoms with E-state index in [4.69, 9.17) is 5.73 Å². The summed E-state index contributed by atoms with van der Waals surface area (Å²) in [6.45, 7) is -0.0573. The molecule has 1 fully saturated rings. The number of carbonyl (C=O) groups is 1. The topological polar surface area (TPSA) is 75.4 Å². The van der Waals surface area contributed by atoms with Crippen molar-refractivity contribution in [1.82, 2.24) is 5.32 Å². The van der Waals surface area contributed by atoms with Gasteiger partial charge in [0.25, 0.3) is 0 Å². The molecule has 1 saturated carbocycles. The highest BCUT2D eigenvalue weighted by atomic mass is 16.3. The van der Waals surface area contributed by atoms with Crippen LogP contribution in [-0.4, -0.2) is 29.2 Å². The van der Waals surface area contributed by atoms with E-state index in [1.807, 2.05) is 30.3 Å². The van der Waals surface area contributed by atoms with Crippen LogP contribution in [0.4, 0.5) is 0 Å². The predicted octanol–water partition coefficient (Wildman–Crippen LogP) is 0.978. The van der Waals surface area contributed by atoms with Gasteiger partial charge < -0.3 is 16.2 Å². The van der Waals surface area contributed by atoms with Crippen LogP contribution in [0.15, 0.2) is 30.3 Å². The SMILES string of the molecule is NC1(CC(=O)NC(CO)Cc2ccccc2)CCC1. The molecule has 1 aromatic rings. The summed E-state index contributed by atoms with van der Waals surface area (Å²) in [5.74, 6) is -0.0582. The summed E-state index contributed by atoms with van der Waals surface area (Å²) >= 11 is 0. The molecule has 0 aliphatic heterocycles. The molecule has 4 nitrogen and oxygen atoms in total. The van der Waals surface area contributed by atoms with Gasteiger partial charge in [0.15, 0.2) is 0 Å². The summed E-state index contributed by atoms with van der Waals surface area (Å²) in [6.07, 6.45) is 3.95. The van der Waals surface area contributed by atoms with Gasteiger partial charge in [-0.25, -0.2) is 0 Å². The van der Waals surface area contributed by atoms with Crippen LogP contribution in [0.25, 0.3) is 0 Å². The zero-order valence-electron chi connectivity index (χ0n) is 11.1. The van der Waals surface area contributed by atoms with Gasteiger partial charge in [-0.2, -0.15) is 0 Å². The Morgan fingerprint density at radius 1 is 1.37 bits per heavy atom. The van der Waals surface area contributed by atoms with Crippen molar-refractivity contribution in [2.24, 2.45) is 5.73 Å². The van der Waals surface area contributed by atoms with Gasteiger partial charge in [-0.3, -0.25) is 4.79 Å². The summed E-state index contributed by atoms with van der Waals surface area (Å²) in [4.78, 5) is 11.9. The lowest BCUT2D eigenvalue weighted by Crippen LogP contribution is -2.51. The first kappa shape index (κ1) is 14.0. The van der Waals surface area contributed by atoms with Gasteiger partial charge in [-0.1, -0.05) is 30.3 Å². The number of aliphatic hydroxyl groups is 1. The Morgan fingerprint density at radius 3 is 2.58 bits per heavy atom. The zero-order valence-corrected chi connectivity index (χ0v) is 11.1. The van der Waals surface area contributed by atoms with Gasteiger partial charge in [-0.05, 0) is 31.2 Å². The molecule has 0 aromatic heterocycles. The maximum Gasteiger partial charge on any atom is 0.222 e. The molecule has 104 valence electrons. The third-order valence-electron chi connectivity index (χ3n) is 3.77. The molecular weight excluding hydrogens is 240 g/mol. The fourth-order valence-corrected chi connectivity index (χ4v) is 2.47. The van der Waals surface area contributed by atoms with Crippen LogP contribution < -0.4 is 11.1 Å². The van der Waals surface area contributed by atoms with Crippen molar-refractivity contribution in [3.05, 3.63) is 35.9 Å². The highest BCUT2D eigenvalue weighted by Crippen LogP contribution is 2.31. The zero-order chi connectivity index (χ0) is 13.7. The number of amides is 1. The molecule has 1 amide bonds. The lowest BCUT2D eigenvalue weighted by atomic mass is 9.75. The van der Waals surface area contributed by atoms with Gasteiger partial charge in [0.1, 0.15) is 0 Å². The second kappa shape index (κ2) is 6.17. The first-order valence-corrected chi connectivity index (χ1v) is 6.84. The monoisotopic (exact) mass is 262 g/mol. The first-order valence-electron chi connectivity index (χ1n) is 6.84. The Bertz CT molecular complexity index is 415. The second-order valence-corrected chi connectivity index (χ2v) is 5.53. The van der Waals surface area contributed by atoms with E-state index in [1.165, 1.54) is 0 Å². The lowest BCUT2D eigenvalue weighted by molar-refractivity contribution is -0.124. The van der Waals surface area contributed by atoms with Crippen molar-refractivity contribution >= 4 is 5.91 Å². The molecule has 1 atom stereocenters. The van der Waals surface area contributed by atoms with Crippen molar-refractivity contribution in [1.29, 1.82) is 0 Å². The number of nitrogens with two attached hydrogens (primary N) is 1. The minimum Gasteiger partial charge on any atom is -0.394 e. The minimum absolute atomic E-state index is 0.0573. The Balaban J connectivity index is 1.83. The largest absolute Gasteiger partial charge is 0.394 e. The Hall–Kier alpha value is -1.39. The molecule has 4 N–H and O–H groups in total. The summed E-state index contributed by atoms with van der Waals surface area (Å²) in [7, 11) is 0. The van der Waals surface area contributed by atoms with Crippen molar-refractivity contribution in [2.75, 3.05) is 6.61 Å². The number of aliphatic hydroxyl groups excluding tert-OH is 1. The van der Waals surface area contributed by atoms with Gasteiger partial charge in [0, 0.05) is 12.0 Å². The van der Waals surface area contributed by atoms with Crippen LogP contribution in [0.3, 0.4) is 0 Å². The maximum absolute atomic E-state index is 11.9. The average Bonchev–Trinajstić information content (AvgIpc) is 2.37. The Morgan fingerprint density at radius 2 is 2.05 bits per heavy atom. The van der Waals surface area contributed by atoms with Gasteiger partial charge >= 0.3 is 0 Å². The van der Waals surface area contributed by atoms with Crippen LogP contribution in [-0.2, 0) is 11.2 Å². The Kier molecular flexibility index (Phi) is 4.56. The van der Waals surface area contributed by atoms with Gasteiger partial charge in [0.2, 0.25) is 5.91 Å². The van der Waals surface area contributed by atoms with Crippen molar-refractivity contribution in [2.45, 2.75) is 43.7 Å². The van der Waals surface area contributed by atoms with Crippen molar-refractivity contribution in [3.8, 4) is 0 Å². The Labute approximate surface area is 114 Å². The van der Waals surface area contributed by atoms with Gasteiger partial charge in [0.05, 0.1) is 12.6 Å². The van der Waals surface area contributed by atoms with E-state index >= 15 is 0 Å². The molecule has 4 heteroatoms. The predicted molar refractivity (Wildman–Crippen MR) is 74.5 cm³/mol. The third-order valence-corrected chi connectivity index (χ3v) is 3.77. The van der Waals surface area contributed by atoms with Crippen LogP contribution in [0.2, 0.25) is 0 Å². The molecular formula is C15H22N2O2. The smallest absolute Gasteiger partial charge is 0.222 e. The molecule has 1 unspecified atom stereocenters. The number of rotatable bonds is 6. The number of hydrogen-bond donors (Lipinski definition) is 3. The fourth-order valence-electron chi connectivity index (χ4n) is 2.47. The summed E-state index contributed by atoms with van der Waals surface area (Å²) in [6, 6.07) is 9.60. The third kappa shape index (κ3) is 4.04. The molecule has 19 heavy (non-hydrogen) atoms. The van der Waals surface area contributed by atoms with E-state index in [0.29, 0.717) is 12.8 Å².